The van der Waals surface area contributed by atoms with Crippen LogP contribution < -0.4 is 10.1 Å². The zero-order valence-corrected chi connectivity index (χ0v) is 9.92. The van der Waals surface area contributed by atoms with Gasteiger partial charge in [0.15, 0.2) is 11.5 Å². The molecule has 0 saturated heterocycles. The van der Waals surface area contributed by atoms with Gasteiger partial charge in [-0.3, -0.25) is 0 Å². The summed E-state index contributed by atoms with van der Waals surface area (Å²) >= 11 is 0. The largest absolute Gasteiger partial charge is 0.494 e. The highest BCUT2D eigenvalue weighted by atomic mass is 16.5. The third-order valence-electron chi connectivity index (χ3n) is 2.21. The van der Waals surface area contributed by atoms with Crippen molar-refractivity contribution in [3.63, 3.8) is 0 Å². The molecule has 0 atom stereocenters. The average Bonchev–Trinajstić information content (AvgIpc) is 2.40. The van der Waals surface area contributed by atoms with Gasteiger partial charge in [0, 0.05) is 24.1 Å². The van der Waals surface area contributed by atoms with Crippen LogP contribution in [0.4, 0.5) is 11.5 Å². The van der Waals surface area contributed by atoms with Gasteiger partial charge in [0.25, 0.3) is 0 Å². The minimum Gasteiger partial charge on any atom is -0.494 e. The van der Waals surface area contributed by atoms with E-state index >= 15 is 0 Å². The van der Waals surface area contributed by atoms with E-state index in [2.05, 4.69) is 15.3 Å². The lowest BCUT2D eigenvalue weighted by Crippen LogP contribution is -1.99. The summed E-state index contributed by atoms with van der Waals surface area (Å²) in [5, 5.41) is 12.0. The number of benzene rings is 1. The van der Waals surface area contributed by atoms with Crippen LogP contribution in [0.1, 0.15) is 12.6 Å². The first-order valence-corrected chi connectivity index (χ1v) is 5.54. The van der Waals surface area contributed by atoms with E-state index < -0.39 is 0 Å². The van der Waals surface area contributed by atoms with Crippen molar-refractivity contribution in [2.45, 2.75) is 6.92 Å². The molecule has 18 heavy (non-hydrogen) atoms. The maximum Gasteiger partial charge on any atom is 0.183 e. The van der Waals surface area contributed by atoms with E-state index in [1.807, 2.05) is 37.3 Å². The molecule has 0 bridgehead atoms. The molecular weight excluding hydrogens is 228 g/mol. The summed E-state index contributed by atoms with van der Waals surface area (Å²) in [5.74, 6) is 1.21. The van der Waals surface area contributed by atoms with Crippen LogP contribution in [0.25, 0.3) is 0 Å². The van der Waals surface area contributed by atoms with Crippen LogP contribution in [0.2, 0.25) is 0 Å². The number of nitrogens with zero attached hydrogens (tertiary/aromatic N) is 3. The highest BCUT2D eigenvalue weighted by molar-refractivity contribution is 5.61. The zero-order valence-electron chi connectivity index (χ0n) is 9.92. The van der Waals surface area contributed by atoms with Crippen molar-refractivity contribution in [3.8, 4) is 11.8 Å². The molecule has 0 saturated carbocycles. The van der Waals surface area contributed by atoms with Gasteiger partial charge in [0.05, 0.1) is 6.61 Å². The lowest BCUT2D eigenvalue weighted by molar-refractivity contribution is 0.340. The van der Waals surface area contributed by atoms with Crippen LogP contribution >= 0.6 is 0 Å². The number of ether oxygens (including phenoxy) is 1. The van der Waals surface area contributed by atoms with Gasteiger partial charge in [-0.25, -0.2) is 9.97 Å². The van der Waals surface area contributed by atoms with Crippen molar-refractivity contribution in [1.29, 1.82) is 5.26 Å². The average molecular weight is 240 g/mol. The van der Waals surface area contributed by atoms with E-state index in [0.29, 0.717) is 12.4 Å². The van der Waals surface area contributed by atoms with E-state index in [1.54, 1.807) is 0 Å². The van der Waals surface area contributed by atoms with Gasteiger partial charge < -0.3 is 10.1 Å². The molecule has 5 nitrogen and oxygen atoms in total. The summed E-state index contributed by atoms with van der Waals surface area (Å²) in [4.78, 5) is 8.02. The molecule has 1 aromatic carbocycles. The van der Waals surface area contributed by atoms with Crippen molar-refractivity contribution in [3.05, 3.63) is 42.4 Å². The van der Waals surface area contributed by atoms with Gasteiger partial charge in [0.2, 0.25) is 0 Å². The van der Waals surface area contributed by atoms with Crippen molar-refractivity contribution >= 4 is 11.5 Å². The lowest BCUT2D eigenvalue weighted by atomic mass is 10.3. The van der Waals surface area contributed by atoms with Crippen LogP contribution in [-0.4, -0.2) is 16.6 Å². The van der Waals surface area contributed by atoms with Gasteiger partial charge in [-0.2, -0.15) is 5.26 Å². The number of rotatable bonds is 4. The number of hydrogen-bond donors (Lipinski definition) is 1. The summed E-state index contributed by atoms with van der Waals surface area (Å²) in [6.07, 6.45) is 3.02. The molecule has 0 radical (unpaired) electrons. The topological polar surface area (TPSA) is 70.8 Å². The summed E-state index contributed by atoms with van der Waals surface area (Å²) in [5.41, 5.74) is 1.07. The maximum absolute atomic E-state index is 8.92. The Hall–Kier alpha value is -2.61. The molecule has 5 heteroatoms. The molecule has 0 aliphatic rings. The molecular formula is C13H12N4O. The number of anilines is 2. The van der Waals surface area contributed by atoms with Crippen LogP contribution in [0, 0.1) is 11.3 Å². The third-order valence-corrected chi connectivity index (χ3v) is 2.21. The quantitative estimate of drug-likeness (QED) is 0.889. The summed E-state index contributed by atoms with van der Waals surface area (Å²) in [6, 6.07) is 9.45. The van der Waals surface area contributed by atoms with E-state index in [4.69, 9.17) is 10.00 Å². The Balaban J connectivity index is 2.23. The monoisotopic (exact) mass is 240 g/mol. The molecule has 2 rings (SSSR count). The minimum atomic E-state index is 0.263. The highest BCUT2D eigenvalue weighted by Gasteiger charge is 2.04. The van der Waals surface area contributed by atoms with Gasteiger partial charge >= 0.3 is 0 Å². The molecule has 1 aromatic heterocycles. The minimum absolute atomic E-state index is 0.263. The van der Waals surface area contributed by atoms with Crippen molar-refractivity contribution < 1.29 is 4.74 Å². The first kappa shape index (κ1) is 11.9. The van der Waals surface area contributed by atoms with Gasteiger partial charge in [0.1, 0.15) is 11.8 Å². The fourth-order valence-electron chi connectivity index (χ4n) is 1.48. The molecule has 0 amide bonds. The standard InChI is InChI=1S/C13H12N4O/c1-2-18-11-5-3-4-10(8-11)17-13-12(9-14)15-6-7-16-13/h3-8H,2H2,1H3,(H,16,17). The maximum atomic E-state index is 8.92. The molecule has 0 unspecified atom stereocenters. The van der Waals surface area contributed by atoms with Crippen LogP contribution in [-0.2, 0) is 0 Å². The number of hydrogen-bond acceptors (Lipinski definition) is 5. The van der Waals surface area contributed by atoms with Crippen molar-refractivity contribution in [2.24, 2.45) is 0 Å². The molecule has 0 aliphatic heterocycles. The van der Waals surface area contributed by atoms with Crippen molar-refractivity contribution in [1.82, 2.24) is 9.97 Å². The molecule has 1 N–H and O–H groups in total. The summed E-state index contributed by atoms with van der Waals surface area (Å²) < 4.78 is 5.40. The molecule has 0 aliphatic carbocycles. The van der Waals surface area contributed by atoms with E-state index in [1.165, 1.54) is 12.4 Å². The molecule has 0 fully saturated rings. The summed E-state index contributed by atoms with van der Waals surface area (Å²) in [7, 11) is 0. The Morgan fingerprint density at radius 2 is 2.17 bits per heavy atom. The van der Waals surface area contributed by atoms with E-state index in [-0.39, 0.29) is 5.69 Å². The number of nitrogens with one attached hydrogen (secondary N) is 1. The first-order valence-electron chi connectivity index (χ1n) is 5.54. The van der Waals surface area contributed by atoms with E-state index in [9.17, 15) is 0 Å². The Bertz CT molecular complexity index is 577. The molecule has 2 aromatic rings. The van der Waals surface area contributed by atoms with Crippen LogP contribution in [0.3, 0.4) is 0 Å². The van der Waals surface area contributed by atoms with Crippen LogP contribution in [0.15, 0.2) is 36.7 Å². The van der Waals surface area contributed by atoms with Crippen LogP contribution in [0.5, 0.6) is 5.75 Å². The van der Waals surface area contributed by atoms with Gasteiger partial charge in [-0.05, 0) is 19.1 Å². The van der Waals surface area contributed by atoms with Gasteiger partial charge in [-0.1, -0.05) is 6.07 Å². The third kappa shape index (κ3) is 2.74. The normalized spacial score (nSPS) is 9.56. The lowest BCUT2D eigenvalue weighted by Gasteiger charge is -2.08. The summed E-state index contributed by atoms with van der Waals surface area (Å²) in [6.45, 7) is 2.54. The molecule has 1 heterocycles. The fraction of sp³-hybridized carbons (Fsp3) is 0.154. The first-order chi connectivity index (χ1) is 8.83. The predicted octanol–water partition coefficient (Wildman–Crippen LogP) is 2.49. The number of aromatic nitrogens is 2. The number of nitriles is 1. The fourth-order valence-corrected chi connectivity index (χ4v) is 1.48. The van der Waals surface area contributed by atoms with E-state index in [0.717, 1.165) is 11.4 Å². The Kier molecular flexibility index (Phi) is 3.72. The Labute approximate surface area is 105 Å². The SMILES string of the molecule is CCOc1cccc(Nc2nccnc2C#N)c1. The Morgan fingerprint density at radius 3 is 2.94 bits per heavy atom. The second-order valence-electron chi connectivity index (χ2n) is 3.45. The Morgan fingerprint density at radius 1 is 1.33 bits per heavy atom. The smallest absolute Gasteiger partial charge is 0.183 e. The second kappa shape index (κ2) is 5.64. The zero-order chi connectivity index (χ0) is 12.8. The molecule has 0 spiro atoms. The predicted molar refractivity (Wildman–Crippen MR) is 67.6 cm³/mol. The van der Waals surface area contributed by atoms with Gasteiger partial charge in [-0.15, -0.1) is 0 Å². The second-order valence-corrected chi connectivity index (χ2v) is 3.45. The highest BCUT2D eigenvalue weighted by Crippen LogP contribution is 2.21. The molecule has 90 valence electrons. The van der Waals surface area contributed by atoms with Crippen molar-refractivity contribution in [2.75, 3.05) is 11.9 Å².